The number of hydrogen-bond acceptors (Lipinski definition) is 4. The molecule has 0 spiro atoms. The number of methoxy groups -OCH3 is 1. The topological polar surface area (TPSA) is 55.8 Å². The molecule has 0 radical (unpaired) electrons. The van der Waals surface area contributed by atoms with E-state index in [4.69, 9.17) is 9.47 Å². The van der Waals surface area contributed by atoms with E-state index in [0.717, 1.165) is 11.1 Å². The molecular weight excluding hydrogens is 350 g/mol. The van der Waals surface area contributed by atoms with Crippen molar-refractivity contribution < 1.29 is 17.9 Å². The largest absolute Gasteiger partial charge is 0.497 e. The van der Waals surface area contributed by atoms with Gasteiger partial charge in [0.25, 0.3) is 0 Å². The molecule has 26 heavy (non-hydrogen) atoms. The number of rotatable bonds is 7. The molecule has 0 N–H and O–H groups in total. The molecule has 1 heterocycles. The van der Waals surface area contributed by atoms with Crippen LogP contribution in [-0.2, 0) is 27.9 Å². The van der Waals surface area contributed by atoms with E-state index in [0.29, 0.717) is 25.5 Å². The van der Waals surface area contributed by atoms with E-state index in [1.54, 1.807) is 13.2 Å². The average molecular weight is 373 g/mol. The van der Waals surface area contributed by atoms with Gasteiger partial charge in [0.1, 0.15) is 5.75 Å². The van der Waals surface area contributed by atoms with Gasteiger partial charge in [-0.3, -0.25) is 0 Å². The highest BCUT2D eigenvalue weighted by atomic mass is 32.2. The highest BCUT2D eigenvalue weighted by molar-refractivity contribution is 7.89. The smallest absolute Gasteiger partial charge is 0.218 e. The normalized spacial score (nSPS) is 19.3. The molecule has 5 nitrogen and oxygen atoms in total. The third-order valence-electron chi connectivity index (χ3n) is 4.27. The van der Waals surface area contributed by atoms with Crippen molar-refractivity contribution in [2.24, 2.45) is 0 Å². The molecule has 0 amide bonds. The molecule has 0 saturated heterocycles. The lowest BCUT2D eigenvalue weighted by Gasteiger charge is -2.31. The summed E-state index contributed by atoms with van der Waals surface area (Å²) in [5.74, 6) is 0.732. The van der Waals surface area contributed by atoms with Crippen LogP contribution in [0.1, 0.15) is 11.1 Å². The van der Waals surface area contributed by atoms with Gasteiger partial charge in [0.15, 0.2) is 0 Å². The van der Waals surface area contributed by atoms with Gasteiger partial charge in [-0.2, -0.15) is 4.31 Å². The molecule has 3 rings (SSSR count). The van der Waals surface area contributed by atoms with Gasteiger partial charge in [-0.1, -0.05) is 54.6 Å². The minimum atomic E-state index is -3.36. The number of benzene rings is 2. The van der Waals surface area contributed by atoms with Crippen LogP contribution in [0.25, 0.3) is 0 Å². The molecule has 0 fully saturated rings. The molecule has 0 unspecified atom stereocenters. The maximum Gasteiger partial charge on any atom is 0.218 e. The second-order valence-electron chi connectivity index (χ2n) is 6.17. The van der Waals surface area contributed by atoms with E-state index in [-0.39, 0.29) is 11.8 Å². The van der Waals surface area contributed by atoms with Crippen LogP contribution in [0, 0.1) is 0 Å². The van der Waals surface area contributed by atoms with Crippen LogP contribution in [0.4, 0.5) is 0 Å². The van der Waals surface area contributed by atoms with Crippen LogP contribution in [0.5, 0.6) is 5.75 Å². The van der Waals surface area contributed by atoms with E-state index >= 15 is 0 Å². The Morgan fingerprint density at radius 3 is 2.62 bits per heavy atom. The number of nitrogens with zero attached hydrogens (tertiary/aromatic N) is 1. The third-order valence-corrected chi connectivity index (χ3v) is 5.99. The van der Waals surface area contributed by atoms with Crippen LogP contribution in [0.2, 0.25) is 0 Å². The van der Waals surface area contributed by atoms with Crippen molar-refractivity contribution in [2.45, 2.75) is 19.2 Å². The zero-order chi connectivity index (χ0) is 18.4. The van der Waals surface area contributed by atoms with E-state index in [2.05, 4.69) is 0 Å². The first-order valence-corrected chi connectivity index (χ1v) is 10.1. The Morgan fingerprint density at radius 2 is 1.85 bits per heavy atom. The van der Waals surface area contributed by atoms with Gasteiger partial charge in [0.05, 0.1) is 32.1 Å². The summed E-state index contributed by atoms with van der Waals surface area (Å²) in [6.07, 6.45) is 3.61. The Hall–Kier alpha value is -2.15. The van der Waals surface area contributed by atoms with Crippen LogP contribution in [0.15, 0.2) is 66.7 Å². The van der Waals surface area contributed by atoms with Crippen LogP contribution in [-0.4, -0.2) is 38.2 Å². The summed E-state index contributed by atoms with van der Waals surface area (Å²) in [6, 6.07) is 17.0. The molecule has 0 saturated carbocycles. The average Bonchev–Trinajstić information content (AvgIpc) is 2.65. The SMILES string of the molecule is COc1cccc(CN2[C@@H](COCc3ccccc3)C=CCS2(=O)=O)c1. The molecule has 0 aliphatic carbocycles. The molecule has 6 heteroatoms. The monoisotopic (exact) mass is 373 g/mol. The predicted molar refractivity (Wildman–Crippen MR) is 101 cm³/mol. The Morgan fingerprint density at radius 1 is 1.08 bits per heavy atom. The first-order chi connectivity index (χ1) is 12.6. The van der Waals surface area contributed by atoms with Crippen molar-refractivity contribution in [3.8, 4) is 5.75 Å². The summed E-state index contributed by atoms with van der Waals surface area (Å²) < 4.78 is 37.7. The Bertz CT molecular complexity index is 849. The predicted octanol–water partition coefficient (Wildman–Crippen LogP) is 2.98. The van der Waals surface area contributed by atoms with E-state index in [1.807, 2.05) is 60.7 Å². The van der Waals surface area contributed by atoms with Crippen LogP contribution < -0.4 is 4.74 Å². The molecule has 0 aromatic heterocycles. The fourth-order valence-electron chi connectivity index (χ4n) is 2.91. The lowest BCUT2D eigenvalue weighted by atomic mass is 10.2. The molecule has 138 valence electrons. The quantitative estimate of drug-likeness (QED) is 0.700. The maximum atomic E-state index is 12.6. The molecule has 1 atom stereocenters. The Labute approximate surface area is 154 Å². The fourth-order valence-corrected chi connectivity index (χ4v) is 4.34. The first-order valence-electron chi connectivity index (χ1n) is 8.49. The van der Waals surface area contributed by atoms with Gasteiger partial charge in [0, 0.05) is 6.54 Å². The zero-order valence-corrected chi connectivity index (χ0v) is 15.6. The zero-order valence-electron chi connectivity index (χ0n) is 14.7. The number of sulfonamides is 1. The van der Waals surface area contributed by atoms with Crippen molar-refractivity contribution in [2.75, 3.05) is 19.5 Å². The second-order valence-corrected chi connectivity index (χ2v) is 8.14. The highest BCUT2D eigenvalue weighted by Crippen LogP contribution is 2.22. The van der Waals surface area contributed by atoms with Gasteiger partial charge in [-0.05, 0) is 23.3 Å². The number of ether oxygens (including phenoxy) is 2. The minimum absolute atomic E-state index is 0.0200. The Kier molecular flexibility index (Phi) is 6.08. The van der Waals surface area contributed by atoms with Crippen molar-refractivity contribution in [1.82, 2.24) is 4.31 Å². The number of hydrogen-bond donors (Lipinski definition) is 0. The van der Waals surface area contributed by atoms with Crippen molar-refractivity contribution in [1.29, 1.82) is 0 Å². The van der Waals surface area contributed by atoms with Gasteiger partial charge >= 0.3 is 0 Å². The molecule has 2 aromatic rings. The lowest BCUT2D eigenvalue weighted by Crippen LogP contribution is -2.44. The van der Waals surface area contributed by atoms with Gasteiger partial charge in [-0.25, -0.2) is 8.42 Å². The van der Waals surface area contributed by atoms with Gasteiger partial charge in [-0.15, -0.1) is 0 Å². The molecule has 1 aliphatic heterocycles. The van der Waals surface area contributed by atoms with Crippen molar-refractivity contribution >= 4 is 10.0 Å². The van der Waals surface area contributed by atoms with Crippen LogP contribution >= 0.6 is 0 Å². The third kappa shape index (κ3) is 4.72. The summed E-state index contributed by atoms with van der Waals surface area (Å²) >= 11 is 0. The minimum Gasteiger partial charge on any atom is -0.497 e. The van der Waals surface area contributed by atoms with Gasteiger partial charge < -0.3 is 9.47 Å². The maximum absolute atomic E-state index is 12.6. The Balaban J connectivity index is 1.70. The summed E-state index contributed by atoms with van der Waals surface area (Å²) in [6.45, 7) is 1.07. The lowest BCUT2D eigenvalue weighted by molar-refractivity contribution is 0.0889. The van der Waals surface area contributed by atoms with Gasteiger partial charge in [0.2, 0.25) is 10.0 Å². The highest BCUT2D eigenvalue weighted by Gasteiger charge is 2.31. The summed E-state index contributed by atoms with van der Waals surface area (Å²) in [7, 11) is -1.76. The summed E-state index contributed by atoms with van der Waals surface area (Å²) in [5, 5.41) is 0. The standard InChI is InChI=1S/C20H23NO4S/c1-24-20-11-5-9-18(13-20)14-21-19(10-6-12-26(21,22)23)16-25-15-17-7-3-2-4-8-17/h2-11,13,19H,12,14-16H2,1H3/t19-/m1/s1. The van der Waals surface area contributed by atoms with E-state index < -0.39 is 10.0 Å². The van der Waals surface area contributed by atoms with E-state index in [9.17, 15) is 8.42 Å². The summed E-state index contributed by atoms with van der Waals surface area (Å²) in [5.41, 5.74) is 1.95. The first kappa shape index (κ1) is 18.6. The van der Waals surface area contributed by atoms with E-state index in [1.165, 1.54) is 4.31 Å². The molecule has 2 aromatic carbocycles. The van der Waals surface area contributed by atoms with Crippen molar-refractivity contribution in [3.63, 3.8) is 0 Å². The second kappa shape index (κ2) is 8.49. The molecular formula is C20H23NO4S. The van der Waals surface area contributed by atoms with Crippen LogP contribution in [0.3, 0.4) is 0 Å². The summed E-state index contributed by atoms with van der Waals surface area (Å²) in [4.78, 5) is 0. The van der Waals surface area contributed by atoms with Crippen molar-refractivity contribution in [3.05, 3.63) is 77.9 Å². The fraction of sp³-hybridized carbons (Fsp3) is 0.300. The molecule has 0 bridgehead atoms. The molecule has 1 aliphatic rings.